The van der Waals surface area contributed by atoms with Crippen LogP contribution in [0, 0.1) is 25.7 Å². The van der Waals surface area contributed by atoms with Crippen LogP contribution in [0.3, 0.4) is 0 Å². The number of ether oxygens (including phenoxy) is 1. The van der Waals surface area contributed by atoms with E-state index >= 15 is 0 Å². The van der Waals surface area contributed by atoms with Gasteiger partial charge in [-0.05, 0) is 61.2 Å². The highest BCUT2D eigenvalue weighted by Gasteiger charge is 2.17. The van der Waals surface area contributed by atoms with Crippen molar-refractivity contribution < 1.29 is 14.6 Å². The van der Waals surface area contributed by atoms with Gasteiger partial charge in [0.25, 0.3) is 0 Å². The number of carbonyl (C=O) groups is 1. The summed E-state index contributed by atoms with van der Waals surface area (Å²) in [5.41, 5.74) is 7.25. The largest absolute Gasteiger partial charge is 0.489 e. The fourth-order valence-electron chi connectivity index (χ4n) is 4.37. The summed E-state index contributed by atoms with van der Waals surface area (Å²) in [6.45, 7) is 10.5. The van der Waals surface area contributed by atoms with Crippen LogP contribution in [0.15, 0.2) is 54.7 Å². The Morgan fingerprint density at radius 3 is 2.42 bits per heavy atom. The first-order chi connectivity index (χ1) is 17.3. The van der Waals surface area contributed by atoms with Crippen LogP contribution in [0.5, 0.6) is 5.75 Å². The quantitative estimate of drug-likeness (QED) is 0.299. The van der Waals surface area contributed by atoms with E-state index in [9.17, 15) is 9.90 Å². The molecule has 184 valence electrons. The molecule has 0 fully saturated rings. The van der Waals surface area contributed by atoms with Gasteiger partial charge in [-0.3, -0.25) is 4.79 Å². The Labute approximate surface area is 212 Å². The highest BCUT2D eigenvalue weighted by atomic mass is 16.5. The van der Waals surface area contributed by atoms with Crippen molar-refractivity contribution in [3.63, 3.8) is 0 Å². The standard InChI is InChI=1S/C30H31N3O3/c1-6-8-24(16-27(34)35)23-11-13-25(14-12-23)36-18-22-15-26(28-20(4)9-7-10-21(28)5)30-31-29(19(2)3)32-33(30)17-22/h7,9-15,17,19,24H,16,18H2,1-5H3,(H,34,35)/t24-/m0/s1. The number of carboxylic acid groups (broad SMARTS) is 1. The summed E-state index contributed by atoms with van der Waals surface area (Å²) in [6.07, 6.45) is 1.94. The van der Waals surface area contributed by atoms with Gasteiger partial charge in [0.2, 0.25) is 0 Å². The van der Waals surface area contributed by atoms with Gasteiger partial charge >= 0.3 is 5.97 Å². The molecule has 6 nitrogen and oxygen atoms in total. The molecule has 1 atom stereocenters. The van der Waals surface area contributed by atoms with Crippen LogP contribution in [0.2, 0.25) is 0 Å². The minimum absolute atomic E-state index is 0.0293. The Balaban J connectivity index is 1.64. The number of aryl methyl sites for hydroxylation is 2. The van der Waals surface area contributed by atoms with Crippen molar-refractivity contribution >= 4 is 11.6 Å². The van der Waals surface area contributed by atoms with Gasteiger partial charge in [-0.15, -0.1) is 5.92 Å². The molecule has 4 aromatic rings. The number of rotatable bonds is 8. The molecule has 36 heavy (non-hydrogen) atoms. The topological polar surface area (TPSA) is 76.7 Å². The Bertz CT molecular complexity index is 1440. The zero-order chi connectivity index (χ0) is 25.8. The molecule has 6 heteroatoms. The first-order valence-corrected chi connectivity index (χ1v) is 12.1. The van der Waals surface area contributed by atoms with E-state index in [-0.39, 0.29) is 18.3 Å². The zero-order valence-corrected chi connectivity index (χ0v) is 21.4. The zero-order valence-electron chi connectivity index (χ0n) is 21.4. The lowest BCUT2D eigenvalue weighted by Gasteiger charge is -2.14. The fourth-order valence-corrected chi connectivity index (χ4v) is 4.37. The lowest BCUT2D eigenvalue weighted by atomic mass is 9.95. The van der Waals surface area contributed by atoms with Crippen molar-refractivity contribution in [3.05, 3.63) is 82.8 Å². The molecule has 0 saturated carbocycles. The highest BCUT2D eigenvalue weighted by Crippen LogP contribution is 2.32. The first-order valence-electron chi connectivity index (χ1n) is 12.1. The summed E-state index contributed by atoms with van der Waals surface area (Å²) in [5, 5.41) is 13.9. The maximum Gasteiger partial charge on any atom is 0.304 e. The van der Waals surface area contributed by atoms with E-state index in [1.54, 1.807) is 6.92 Å². The van der Waals surface area contributed by atoms with Gasteiger partial charge in [-0.2, -0.15) is 5.10 Å². The summed E-state index contributed by atoms with van der Waals surface area (Å²) >= 11 is 0. The van der Waals surface area contributed by atoms with Crippen LogP contribution in [0.25, 0.3) is 16.8 Å². The molecular formula is C30H31N3O3. The monoisotopic (exact) mass is 481 g/mol. The third-order valence-corrected chi connectivity index (χ3v) is 6.16. The van der Waals surface area contributed by atoms with Gasteiger partial charge in [0.15, 0.2) is 11.5 Å². The van der Waals surface area contributed by atoms with Crippen LogP contribution in [0.1, 0.15) is 67.1 Å². The minimum atomic E-state index is -0.869. The van der Waals surface area contributed by atoms with Gasteiger partial charge in [-0.1, -0.05) is 50.1 Å². The summed E-state index contributed by atoms with van der Waals surface area (Å²) in [7, 11) is 0. The molecular weight excluding hydrogens is 450 g/mol. The molecule has 0 unspecified atom stereocenters. The number of aliphatic carboxylic acids is 1. The lowest BCUT2D eigenvalue weighted by Crippen LogP contribution is -2.05. The van der Waals surface area contributed by atoms with Crippen molar-refractivity contribution in [3.8, 4) is 28.7 Å². The molecule has 2 aromatic heterocycles. The molecule has 2 aromatic carbocycles. The Hall–Kier alpha value is -4.11. The number of hydrogen-bond donors (Lipinski definition) is 1. The molecule has 0 amide bonds. The molecule has 1 N–H and O–H groups in total. The van der Waals surface area contributed by atoms with Crippen LogP contribution >= 0.6 is 0 Å². The van der Waals surface area contributed by atoms with E-state index in [0.29, 0.717) is 12.4 Å². The third-order valence-electron chi connectivity index (χ3n) is 6.16. The summed E-state index contributed by atoms with van der Waals surface area (Å²) in [6, 6.07) is 15.9. The lowest BCUT2D eigenvalue weighted by molar-refractivity contribution is -0.137. The third kappa shape index (κ3) is 5.41. The molecule has 0 aliphatic carbocycles. The summed E-state index contributed by atoms with van der Waals surface area (Å²) in [5.74, 6) is 6.32. The second-order valence-electron chi connectivity index (χ2n) is 9.32. The van der Waals surface area contributed by atoms with Crippen LogP contribution in [-0.2, 0) is 11.4 Å². The maximum absolute atomic E-state index is 11.2. The molecule has 0 radical (unpaired) electrons. The molecule has 0 spiro atoms. The SMILES string of the molecule is CC#C[C@@H](CC(=O)O)c1ccc(OCc2cc(-c3c(C)cccc3C)c3nc(C(C)C)nn3c2)cc1. The second-order valence-corrected chi connectivity index (χ2v) is 9.32. The Morgan fingerprint density at radius 1 is 1.11 bits per heavy atom. The van der Waals surface area contributed by atoms with Crippen LogP contribution in [-0.4, -0.2) is 25.7 Å². The molecule has 0 aliphatic rings. The van der Waals surface area contributed by atoms with Crippen molar-refractivity contribution in [2.75, 3.05) is 0 Å². The number of carboxylic acids is 1. The fraction of sp³-hybridized carbons (Fsp3) is 0.300. The number of fused-ring (bicyclic) bond motifs is 1. The van der Waals surface area contributed by atoms with Gasteiger partial charge in [0, 0.05) is 23.2 Å². The molecule has 0 saturated heterocycles. The Morgan fingerprint density at radius 2 is 1.81 bits per heavy atom. The molecule has 0 aliphatic heterocycles. The number of benzene rings is 2. The van der Waals surface area contributed by atoms with Gasteiger partial charge in [0.1, 0.15) is 12.4 Å². The summed E-state index contributed by atoms with van der Waals surface area (Å²) < 4.78 is 7.97. The van der Waals surface area contributed by atoms with Crippen molar-refractivity contribution in [1.29, 1.82) is 0 Å². The average Bonchev–Trinajstić information content (AvgIpc) is 3.27. The van der Waals surface area contributed by atoms with Gasteiger partial charge < -0.3 is 9.84 Å². The van der Waals surface area contributed by atoms with E-state index < -0.39 is 5.97 Å². The van der Waals surface area contributed by atoms with E-state index in [4.69, 9.17) is 14.8 Å². The van der Waals surface area contributed by atoms with Crippen molar-refractivity contribution in [1.82, 2.24) is 14.6 Å². The molecule has 2 heterocycles. The van der Waals surface area contributed by atoms with Crippen molar-refractivity contribution in [2.45, 2.75) is 59.5 Å². The Kier molecular flexibility index (Phi) is 7.40. The predicted molar refractivity (Wildman–Crippen MR) is 141 cm³/mol. The smallest absolute Gasteiger partial charge is 0.304 e. The first kappa shape index (κ1) is 25.0. The van der Waals surface area contributed by atoms with E-state index in [0.717, 1.165) is 33.7 Å². The van der Waals surface area contributed by atoms with E-state index in [1.807, 2.05) is 35.0 Å². The van der Waals surface area contributed by atoms with Crippen LogP contribution in [0.4, 0.5) is 0 Å². The van der Waals surface area contributed by atoms with Gasteiger partial charge in [-0.25, -0.2) is 9.50 Å². The summed E-state index contributed by atoms with van der Waals surface area (Å²) in [4.78, 5) is 16.0. The number of nitrogens with zero attached hydrogens (tertiary/aromatic N) is 3. The minimum Gasteiger partial charge on any atom is -0.489 e. The molecule has 0 bridgehead atoms. The maximum atomic E-state index is 11.2. The number of hydrogen-bond acceptors (Lipinski definition) is 4. The average molecular weight is 482 g/mol. The van der Waals surface area contributed by atoms with E-state index in [1.165, 1.54) is 11.1 Å². The van der Waals surface area contributed by atoms with Gasteiger partial charge in [0.05, 0.1) is 12.3 Å². The van der Waals surface area contributed by atoms with Crippen LogP contribution < -0.4 is 4.74 Å². The number of aromatic nitrogens is 3. The predicted octanol–water partition coefficient (Wildman–Crippen LogP) is 6.30. The highest BCUT2D eigenvalue weighted by molar-refractivity contribution is 5.82. The second kappa shape index (κ2) is 10.7. The van der Waals surface area contributed by atoms with E-state index in [2.05, 4.69) is 63.8 Å². The number of pyridine rings is 1. The molecule has 4 rings (SSSR count). The van der Waals surface area contributed by atoms with Crippen molar-refractivity contribution in [2.24, 2.45) is 0 Å². The normalized spacial score (nSPS) is 11.8.